The molecule has 0 aliphatic carbocycles. The fourth-order valence-corrected chi connectivity index (χ4v) is 2.94. The van der Waals surface area contributed by atoms with Crippen LogP contribution in [0.2, 0.25) is 0 Å². The lowest BCUT2D eigenvalue weighted by Crippen LogP contribution is -2.47. The predicted octanol–water partition coefficient (Wildman–Crippen LogP) is 2.20. The van der Waals surface area contributed by atoms with Gasteiger partial charge in [0.15, 0.2) is 0 Å². The third kappa shape index (κ3) is 3.55. The van der Waals surface area contributed by atoms with Gasteiger partial charge in [0.25, 0.3) is 5.69 Å². The first-order valence-electron chi connectivity index (χ1n) is 7.32. The van der Waals surface area contributed by atoms with E-state index in [2.05, 4.69) is 11.8 Å². The normalized spacial score (nSPS) is 23.7. The molecule has 1 aliphatic heterocycles. The molecular weight excluding hydrogens is 254 g/mol. The van der Waals surface area contributed by atoms with Crippen molar-refractivity contribution in [1.82, 2.24) is 4.90 Å². The first-order valence-corrected chi connectivity index (χ1v) is 7.32. The second kappa shape index (κ2) is 6.81. The number of rotatable bonds is 5. The molecule has 1 heterocycles. The smallest absolute Gasteiger partial charge is 0.272 e. The third-order valence-corrected chi connectivity index (χ3v) is 4.29. The van der Waals surface area contributed by atoms with Crippen LogP contribution in [0.4, 0.5) is 5.69 Å². The van der Waals surface area contributed by atoms with E-state index in [4.69, 9.17) is 5.73 Å². The molecule has 2 atom stereocenters. The van der Waals surface area contributed by atoms with Gasteiger partial charge in [-0.15, -0.1) is 0 Å². The number of para-hydroxylation sites is 1. The van der Waals surface area contributed by atoms with Crippen LogP contribution in [0.5, 0.6) is 0 Å². The highest BCUT2D eigenvalue weighted by atomic mass is 16.6. The van der Waals surface area contributed by atoms with Crippen molar-refractivity contribution in [2.24, 2.45) is 11.7 Å². The van der Waals surface area contributed by atoms with Gasteiger partial charge in [0.1, 0.15) is 0 Å². The molecular formula is C15H23N3O2. The van der Waals surface area contributed by atoms with Crippen molar-refractivity contribution in [2.45, 2.75) is 32.2 Å². The summed E-state index contributed by atoms with van der Waals surface area (Å²) in [4.78, 5) is 13.1. The third-order valence-electron chi connectivity index (χ3n) is 4.29. The van der Waals surface area contributed by atoms with E-state index < -0.39 is 0 Å². The van der Waals surface area contributed by atoms with Gasteiger partial charge in [-0.2, -0.15) is 0 Å². The molecule has 0 bridgehead atoms. The van der Waals surface area contributed by atoms with E-state index in [0.717, 1.165) is 44.5 Å². The molecule has 110 valence electrons. The molecule has 1 aliphatic rings. The Morgan fingerprint density at radius 1 is 1.45 bits per heavy atom. The van der Waals surface area contributed by atoms with Crippen LogP contribution >= 0.6 is 0 Å². The number of benzene rings is 1. The second-order valence-electron chi connectivity index (χ2n) is 5.56. The SMILES string of the molecule is CCC1CN(CCc2ccccc2[N+](=O)[O-])CCC1N. The Labute approximate surface area is 119 Å². The lowest BCUT2D eigenvalue weighted by molar-refractivity contribution is -0.385. The minimum Gasteiger partial charge on any atom is -0.327 e. The molecule has 0 spiro atoms. The molecule has 20 heavy (non-hydrogen) atoms. The molecule has 0 aromatic heterocycles. The molecule has 5 heteroatoms. The highest BCUT2D eigenvalue weighted by molar-refractivity contribution is 5.39. The van der Waals surface area contributed by atoms with E-state index in [1.165, 1.54) is 0 Å². The van der Waals surface area contributed by atoms with Crippen molar-refractivity contribution in [3.63, 3.8) is 0 Å². The molecule has 0 amide bonds. The zero-order valence-corrected chi connectivity index (χ0v) is 12.0. The Hall–Kier alpha value is -1.46. The zero-order valence-electron chi connectivity index (χ0n) is 12.0. The van der Waals surface area contributed by atoms with Gasteiger partial charge in [-0.3, -0.25) is 10.1 Å². The van der Waals surface area contributed by atoms with Crippen molar-refractivity contribution >= 4 is 5.69 Å². The standard InChI is InChI=1S/C15H23N3O2/c1-2-12-11-17(10-8-14(12)16)9-7-13-5-3-4-6-15(13)18(19)20/h3-6,12,14H,2,7-11,16H2,1H3. The predicted molar refractivity (Wildman–Crippen MR) is 79.6 cm³/mol. The Kier molecular flexibility index (Phi) is 5.09. The van der Waals surface area contributed by atoms with Gasteiger partial charge >= 0.3 is 0 Å². The van der Waals surface area contributed by atoms with Crippen molar-refractivity contribution in [3.8, 4) is 0 Å². The Balaban J connectivity index is 1.94. The minimum absolute atomic E-state index is 0.230. The molecule has 2 unspecified atom stereocenters. The maximum absolute atomic E-state index is 11.0. The van der Waals surface area contributed by atoms with Gasteiger partial charge in [-0.1, -0.05) is 31.5 Å². The molecule has 0 radical (unpaired) electrons. The zero-order chi connectivity index (χ0) is 14.5. The summed E-state index contributed by atoms with van der Waals surface area (Å²) in [5, 5.41) is 11.0. The fourth-order valence-electron chi connectivity index (χ4n) is 2.94. The van der Waals surface area contributed by atoms with Crippen molar-refractivity contribution in [2.75, 3.05) is 19.6 Å². The monoisotopic (exact) mass is 277 g/mol. The van der Waals surface area contributed by atoms with Crippen LogP contribution in [0.1, 0.15) is 25.3 Å². The summed E-state index contributed by atoms with van der Waals surface area (Å²) in [5.74, 6) is 0.550. The number of nitrogens with zero attached hydrogens (tertiary/aromatic N) is 2. The first-order chi connectivity index (χ1) is 9.61. The molecule has 1 fully saturated rings. The van der Waals surface area contributed by atoms with Crippen molar-refractivity contribution in [3.05, 3.63) is 39.9 Å². The molecule has 2 N–H and O–H groups in total. The maximum Gasteiger partial charge on any atom is 0.272 e. The number of nitrogens with two attached hydrogens (primary N) is 1. The summed E-state index contributed by atoms with van der Waals surface area (Å²) in [7, 11) is 0. The van der Waals surface area contributed by atoms with Crippen LogP contribution in [-0.2, 0) is 6.42 Å². The van der Waals surface area contributed by atoms with E-state index in [1.807, 2.05) is 12.1 Å². The topological polar surface area (TPSA) is 72.4 Å². The van der Waals surface area contributed by atoms with Crippen molar-refractivity contribution < 1.29 is 4.92 Å². The van der Waals surface area contributed by atoms with Gasteiger partial charge < -0.3 is 10.6 Å². The maximum atomic E-state index is 11.0. The fraction of sp³-hybridized carbons (Fsp3) is 0.600. The van der Waals surface area contributed by atoms with E-state index in [0.29, 0.717) is 12.0 Å². The average molecular weight is 277 g/mol. The van der Waals surface area contributed by atoms with Gasteiger partial charge in [0, 0.05) is 30.8 Å². The number of piperidine rings is 1. The molecule has 1 saturated heterocycles. The molecule has 5 nitrogen and oxygen atoms in total. The molecule has 1 aromatic carbocycles. The number of hydrogen-bond donors (Lipinski definition) is 1. The second-order valence-corrected chi connectivity index (χ2v) is 5.56. The summed E-state index contributed by atoms with van der Waals surface area (Å²) < 4.78 is 0. The number of nitro benzene ring substituents is 1. The summed E-state index contributed by atoms with van der Waals surface area (Å²) in [6.07, 6.45) is 2.85. The van der Waals surface area contributed by atoms with E-state index in [9.17, 15) is 10.1 Å². The van der Waals surface area contributed by atoms with E-state index in [1.54, 1.807) is 12.1 Å². The van der Waals surface area contributed by atoms with Crippen LogP contribution in [-0.4, -0.2) is 35.5 Å². The largest absolute Gasteiger partial charge is 0.327 e. The van der Waals surface area contributed by atoms with E-state index >= 15 is 0 Å². The summed E-state index contributed by atoms with van der Waals surface area (Å²) in [6, 6.07) is 7.32. The Morgan fingerprint density at radius 3 is 2.90 bits per heavy atom. The van der Waals surface area contributed by atoms with Crippen molar-refractivity contribution in [1.29, 1.82) is 0 Å². The van der Waals surface area contributed by atoms with Crippen LogP contribution in [0.3, 0.4) is 0 Å². The quantitative estimate of drug-likeness (QED) is 0.661. The van der Waals surface area contributed by atoms with E-state index in [-0.39, 0.29) is 10.6 Å². The number of hydrogen-bond acceptors (Lipinski definition) is 4. The lowest BCUT2D eigenvalue weighted by Gasteiger charge is -2.36. The minimum atomic E-state index is -0.295. The number of likely N-dealkylation sites (tertiary alicyclic amines) is 1. The molecule has 0 saturated carbocycles. The van der Waals surface area contributed by atoms with Crippen LogP contribution in [0.15, 0.2) is 24.3 Å². The van der Waals surface area contributed by atoms with Gasteiger partial charge in [-0.05, 0) is 25.3 Å². The average Bonchev–Trinajstić information content (AvgIpc) is 2.46. The first kappa shape index (κ1) is 14.9. The van der Waals surface area contributed by atoms with Crippen LogP contribution < -0.4 is 5.73 Å². The highest BCUT2D eigenvalue weighted by Crippen LogP contribution is 2.21. The highest BCUT2D eigenvalue weighted by Gasteiger charge is 2.25. The molecule has 1 aromatic rings. The van der Waals surface area contributed by atoms with Gasteiger partial charge in [-0.25, -0.2) is 0 Å². The number of nitro groups is 1. The van der Waals surface area contributed by atoms with Crippen LogP contribution in [0.25, 0.3) is 0 Å². The summed E-state index contributed by atoms with van der Waals surface area (Å²) in [6.45, 7) is 5.06. The summed E-state index contributed by atoms with van der Waals surface area (Å²) in [5.41, 5.74) is 7.16. The molecule has 2 rings (SSSR count). The Morgan fingerprint density at radius 2 is 2.20 bits per heavy atom. The Bertz CT molecular complexity index is 464. The van der Waals surface area contributed by atoms with Crippen LogP contribution in [0, 0.1) is 16.0 Å². The van der Waals surface area contributed by atoms with Gasteiger partial charge in [0.05, 0.1) is 4.92 Å². The van der Waals surface area contributed by atoms with Gasteiger partial charge in [0.2, 0.25) is 0 Å². The summed E-state index contributed by atoms with van der Waals surface area (Å²) >= 11 is 0. The lowest BCUT2D eigenvalue weighted by atomic mass is 9.90.